The molecule has 1 aromatic heterocycles. The van der Waals surface area contributed by atoms with Gasteiger partial charge in [-0.15, -0.1) is 0 Å². The maximum Gasteiger partial charge on any atom is 0.251 e. The number of sulfonamides is 1. The number of amides is 1. The highest BCUT2D eigenvalue weighted by Crippen LogP contribution is 2.18. The first kappa shape index (κ1) is 21.3. The van der Waals surface area contributed by atoms with Gasteiger partial charge in [0.1, 0.15) is 5.82 Å². The molecular weight excluding hydrogens is 412 g/mol. The van der Waals surface area contributed by atoms with E-state index in [1.807, 2.05) is 42.0 Å². The second-order valence-corrected chi connectivity index (χ2v) is 9.72. The molecule has 1 N–H and O–H groups in total. The molecule has 1 aliphatic rings. The normalized spacial score (nSPS) is 14.6. The first-order valence-electron chi connectivity index (χ1n) is 10.4. The van der Waals surface area contributed by atoms with E-state index in [2.05, 4.69) is 10.3 Å². The van der Waals surface area contributed by atoms with Gasteiger partial charge in [-0.05, 0) is 55.2 Å². The van der Waals surface area contributed by atoms with E-state index in [0.29, 0.717) is 30.8 Å². The van der Waals surface area contributed by atoms with Gasteiger partial charge in [-0.1, -0.05) is 24.3 Å². The third-order valence-corrected chi connectivity index (χ3v) is 7.37. The summed E-state index contributed by atoms with van der Waals surface area (Å²) in [6, 6.07) is 14.7. The van der Waals surface area contributed by atoms with Gasteiger partial charge in [0, 0.05) is 43.3 Å². The standard InChI is InChI=1S/C23H26N4O3S/c1-18-24-12-15-27(18)22-10-6-19(7-11-22)16-25-23(28)21-8-4-20(5-9-21)17-31(29,30)26-13-2-3-14-26/h4-12,15H,2-3,13-14,16-17H2,1H3,(H,25,28). The van der Waals surface area contributed by atoms with E-state index in [9.17, 15) is 13.2 Å². The summed E-state index contributed by atoms with van der Waals surface area (Å²) in [5.74, 6) is 0.693. The lowest BCUT2D eigenvalue weighted by Gasteiger charge is -2.15. The number of hydrogen-bond donors (Lipinski definition) is 1. The van der Waals surface area contributed by atoms with Crippen molar-refractivity contribution < 1.29 is 13.2 Å². The van der Waals surface area contributed by atoms with Crippen molar-refractivity contribution in [3.05, 3.63) is 83.4 Å². The zero-order valence-corrected chi connectivity index (χ0v) is 18.3. The lowest BCUT2D eigenvalue weighted by atomic mass is 10.1. The van der Waals surface area contributed by atoms with Gasteiger partial charge in [-0.25, -0.2) is 17.7 Å². The van der Waals surface area contributed by atoms with E-state index in [0.717, 1.165) is 29.9 Å². The summed E-state index contributed by atoms with van der Waals surface area (Å²) in [6.45, 7) is 3.56. The topological polar surface area (TPSA) is 84.3 Å². The Morgan fingerprint density at radius 1 is 1.00 bits per heavy atom. The molecule has 2 heterocycles. The molecule has 0 radical (unpaired) electrons. The van der Waals surface area contributed by atoms with Gasteiger partial charge < -0.3 is 9.88 Å². The number of aromatic nitrogens is 2. The summed E-state index contributed by atoms with van der Waals surface area (Å²) in [4.78, 5) is 16.7. The fraction of sp³-hybridized carbons (Fsp3) is 0.304. The number of nitrogens with zero attached hydrogens (tertiary/aromatic N) is 3. The van der Waals surface area contributed by atoms with Crippen LogP contribution in [0.5, 0.6) is 0 Å². The lowest BCUT2D eigenvalue weighted by Crippen LogP contribution is -2.29. The van der Waals surface area contributed by atoms with Gasteiger partial charge in [0.15, 0.2) is 0 Å². The van der Waals surface area contributed by atoms with Gasteiger partial charge in [0.05, 0.1) is 5.75 Å². The predicted octanol–water partition coefficient (Wildman–Crippen LogP) is 3.04. The molecule has 2 aromatic carbocycles. The van der Waals surface area contributed by atoms with E-state index >= 15 is 0 Å². The van der Waals surface area contributed by atoms with E-state index in [-0.39, 0.29) is 11.7 Å². The Kier molecular flexibility index (Phi) is 6.20. The average molecular weight is 439 g/mol. The number of hydrogen-bond acceptors (Lipinski definition) is 4. The fourth-order valence-electron chi connectivity index (χ4n) is 3.73. The molecule has 3 aromatic rings. The maximum absolute atomic E-state index is 12.5. The smallest absolute Gasteiger partial charge is 0.251 e. The van der Waals surface area contributed by atoms with Crippen LogP contribution >= 0.6 is 0 Å². The van der Waals surface area contributed by atoms with Crippen LogP contribution in [0, 0.1) is 6.92 Å². The Labute approximate surface area is 182 Å². The van der Waals surface area contributed by atoms with Crippen LogP contribution in [0.1, 0.15) is 40.2 Å². The monoisotopic (exact) mass is 438 g/mol. The second-order valence-electron chi connectivity index (χ2n) is 7.75. The molecule has 1 fully saturated rings. The zero-order valence-electron chi connectivity index (χ0n) is 17.5. The van der Waals surface area contributed by atoms with E-state index in [4.69, 9.17) is 0 Å². The van der Waals surface area contributed by atoms with Crippen molar-refractivity contribution in [2.45, 2.75) is 32.1 Å². The largest absolute Gasteiger partial charge is 0.348 e. The van der Waals surface area contributed by atoms with Crippen LogP contribution in [-0.2, 0) is 22.3 Å². The minimum atomic E-state index is -3.29. The number of rotatable bonds is 7. The van der Waals surface area contributed by atoms with Gasteiger partial charge in [-0.2, -0.15) is 0 Å². The highest BCUT2D eigenvalue weighted by Gasteiger charge is 2.25. The van der Waals surface area contributed by atoms with Crippen LogP contribution in [0.3, 0.4) is 0 Å². The molecular formula is C23H26N4O3S. The zero-order chi connectivity index (χ0) is 21.8. The first-order chi connectivity index (χ1) is 14.9. The van der Waals surface area contributed by atoms with Gasteiger partial charge in [-0.3, -0.25) is 4.79 Å². The van der Waals surface area contributed by atoms with Crippen molar-refractivity contribution in [2.75, 3.05) is 13.1 Å². The predicted molar refractivity (Wildman–Crippen MR) is 119 cm³/mol. The van der Waals surface area contributed by atoms with Gasteiger partial charge in [0.2, 0.25) is 10.0 Å². The summed E-state index contributed by atoms with van der Waals surface area (Å²) < 4.78 is 28.4. The van der Waals surface area contributed by atoms with Crippen molar-refractivity contribution in [1.29, 1.82) is 0 Å². The summed E-state index contributed by atoms with van der Waals surface area (Å²) in [6.07, 6.45) is 5.51. The van der Waals surface area contributed by atoms with Gasteiger partial charge >= 0.3 is 0 Å². The second kappa shape index (κ2) is 9.03. The third-order valence-electron chi connectivity index (χ3n) is 5.52. The summed E-state index contributed by atoms with van der Waals surface area (Å²) in [5, 5.41) is 2.91. The Morgan fingerprint density at radius 3 is 2.26 bits per heavy atom. The van der Waals surface area contributed by atoms with Crippen LogP contribution in [0.15, 0.2) is 60.9 Å². The quantitative estimate of drug-likeness (QED) is 0.615. The van der Waals surface area contributed by atoms with Crippen LogP contribution < -0.4 is 5.32 Å². The Morgan fingerprint density at radius 2 is 1.65 bits per heavy atom. The minimum absolute atomic E-state index is 0.0301. The van der Waals surface area contributed by atoms with E-state index < -0.39 is 10.0 Å². The average Bonchev–Trinajstić information content (AvgIpc) is 3.45. The highest BCUT2D eigenvalue weighted by molar-refractivity contribution is 7.88. The molecule has 1 saturated heterocycles. The Hall–Kier alpha value is -2.97. The molecule has 7 nitrogen and oxygen atoms in total. The first-order valence-corrected chi connectivity index (χ1v) is 12.0. The molecule has 162 valence electrons. The summed E-state index contributed by atoms with van der Waals surface area (Å²) >= 11 is 0. The Balaban J connectivity index is 1.33. The molecule has 8 heteroatoms. The highest BCUT2D eigenvalue weighted by atomic mass is 32.2. The van der Waals surface area contributed by atoms with Gasteiger partial charge in [0.25, 0.3) is 5.91 Å². The summed E-state index contributed by atoms with van der Waals surface area (Å²) in [7, 11) is -3.29. The van der Waals surface area contributed by atoms with Crippen molar-refractivity contribution in [3.8, 4) is 5.69 Å². The molecule has 0 atom stereocenters. The number of imidazole rings is 1. The van der Waals surface area contributed by atoms with Crippen LogP contribution in [0.25, 0.3) is 5.69 Å². The van der Waals surface area contributed by atoms with Crippen LogP contribution in [-0.4, -0.2) is 41.3 Å². The maximum atomic E-state index is 12.5. The summed E-state index contributed by atoms with van der Waals surface area (Å²) in [5.41, 5.74) is 3.20. The van der Waals surface area contributed by atoms with Crippen LogP contribution in [0.2, 0.25) is 0 Å². The number of nitrogens with one attached hydrogen (secondary N) is 1. The van der Waals surface area contributed by atoms with Crippen molar-refractivity contribution in [2.24, 2.45) is 0 Å². The molecule has 1 amide bonds. The molecule has 0 aliphatic carbocycles. The Bertz CT molecular complexity index is 1150. The van der Waals surface area contributed by atoms with Crippen LogP contribution in [0.4, 0.5) is 0 Å². The number of benzene rings is 2. The van der Waals surface area contributed by atoms with Crippen molar-refractivity contribution in [3.63, 3.8) is 0 Å². The molecule has 0 spiro atoms. The van der Waals surface area contributed by atoms with Crippen molar-refractivity contribution in [1.82, 2.24) is 19.2 Å². The molecule has 0 saturated carbocycles. The number of aryl methyl sites for hydroxylation is 1. The fourth-order valence-corrected chi connectivity index (χ4v) is 5.34. The molecule has 0 bridgehead atoms. The SMILES string of the molecule is Cc1nccn1-c1ccc(CNC(=O)c2ccc(CS(=O)(=O)N3CCCC3)cc2)cc1. The van der Waals surface area contributed by atoms with E-state index in [1.54, 1.807) is 34.8 Å². The number of carbonyl (C=O) groups excluding carboxylic acids is 1. The third kappa shape index (κ3) is 5.03. The molecule has 31 heavy (non-hydrogen) atoms. The molecule has 1 aliphatic heterocycles. The molecule has 0 unspecified atom stereocenters. The lowest BCUT2D eigenvalue weighted by molar-refractivity contribution is 0.0951. The number of carbonyl (C=O) groups is 1. The van der Waals surface area contributed by atoms with E-state index in [1.165, 1.54) is 0 Å². The minimum Gasteiger partial charge on any atom is -0.348 e. The van der Waals surface area contributed by atoms with Crippen molar-refractivity contribution >= 4 is 15.9 Å². The molecule has 4 rings (SSSR count).